The quantitative estimate of drug-likeness (QED) is 0.0677. The molecule has 0 aliphatic heterocycles. The summed E-state index contributed by atoms with van der Waals surface area (Å²) in [5, 5.41) is 9.56. The third kappa shape index (κ3) is 14.8. The van der Waals surface area contributed by atoms with Gasteiger partial charge in [0.25, 0.3) is 0 Å². The maximum absolute atomic E-state index is 5.42. The highest BCUT2D eigenvalue weighted by Gasteiger charge is 2.28. The maximum Gasteiger partial charge on any atom is 0.137 e. The summed E-state index contributed by atoms with van der Waals surface area (Å²) < 4.78 is 9.52. The summed E-state index contributed by atoms with van der Waals surface area (Å²) in [4.78, 5) is 49.4. The van der Waals surface area contributed by atoms with Crippen LogP contribution in [0.1, 0.15) is 0 Å². The lowest BCUT2D eigenvalue weighted by Gasteiger charge is -2.26. The number of anilines is 12. The fraction of sp³-hybridized carbons (Fsp3) is 0. The molecular weight excluding hydrogens is 1810 g/mol. The molecule has 0 N–H and O–H groups in total. The molecule has 10 heterocycles. The molecule has 16 heteroatoms. The third-order valence-corrected chi connectivity index (χ3v) is 28.6. The predicted octanol–water partition coefficient (Wildman–Crippen LogP) is 33.8. The van der Waals surface area contributed by atoms with Crippen molar-refractivity contribution in [3.8, 4) is 78.9 Å². The molecule has 28 rings (SSSR count). The Balaban J connectivity index is 0.470. The molecule has 0 saturated carbocycles. The first kappa shape index (κ1) is 85.6. The Morgan fingerprint density at radius 2 is 0.372 bits per heavy atom. The molecule has 18 aromatic carbocycles. The largest absolute Gasteiger partial charge is 0.310 e. The van der Waals surface area contributed by atoms with Crippen LogP contribution in [-0.2, 0) is 0 Å². The zero-order valence-electron chi connectivity index (χ0n) is 79.8. The molecule has 694 valence electrons. The molecule has 0 fully saturated rings. The van der Waals surface area contributed by atoms with E-state index in [0.717, 1.165) is 213 Å². The van der Waals surface area contributed by atoms with Gasteiger partial charge in [0, 0.05) is 182 Å². The molecule has 10 aromatic heterocycles. The molecule has 0 aliphatic carbocycles. The van der Waals surface area contributed by atoms with E-state index in [2.05, 4.69) is 442 Å². The second kappa shape index (κ2) is 36.0. The normalized spacial score (nSPS) is 11.6. The van der Waals surface area contributed by atoms with Gasteiger partial charge in [-0.2, -0.15) is 0 Å². The van der Waals surface area contributed by atoms with E-state index in [9.17, 15) is 0 Å². The zero-order chi connectivity index (χ0) is 97.6. The monoisotopic (exact) mass is 1890 g/mol. The molecule has 148 heavy (non-hydrogen) atoms. The number of hydrogen-bond acceptors (Lipinski definition) is 12. The molecule has 0 bridgehead atoms. The summed E-state index contributed by atoms with van der Waals surface area (Å²) in [5.74, 6) is 1.57. The molecule has 0 spiro atoms. The van der Waals surface area contributed by atoms with Gasteiger partial charge in [-0.05, 0) is 278 Å². The average molecular weight is 1900 g/mol. The number of benzene rings is 18. The Bertz CT molecular complexity index is 9260. The Morgan fingerprint density at radius 3 is 0.642 bits per heavy atom. The smallest absolute Gasteiger partial charge is 0.137 e. The first-order chi connectivity index (χ1) is 73.4. The molecule has 0 atom stereocenters. The van der Waals surface area contributed by atoms with Crippen molar-refractivity contribution in [1.29, 1.82) is 0 Å². The van der Waals surface area contributed by atoms with Gasteiger partial charge in [-0.1, -0.05) is 218 Å². The standard InChI is InChI=1S/C132H86N16/c1-11-35-117-105(23-1)106-24-2-12-36-118(106)145(117)99-69-61-93(62-70-99)141(103-77-83-133-84-78-103)91-53-45-87(46-54-91)129-130(138-114-32-8-7-31-113(114)137-129)88-47-55-92(56-48-88)142(104-79-85-134-86-80-104)94-63-71-101(72-64-94)147-121-39-15-5-27-111(121)127-109(29-21-41-123(127)147)110-30-22-42-124-128(110)112-28-6-16-40-122(112)148(124)102-75-67-98(68-76-102)144(126-44-18-20-82-136-126)96-59-51-90(52-60-96)132-131(139-115-33-9-10-34-116(115)140-132)89-49-57-95(58-50-89)143(125-43-17-19-81-135-125)97-65-73-100(74-66-97)146-119-37-13-3-25-107(119)108-26-4-14-38-120(108)146/h1-86H. The number of aromatic nitrogens is 12. The minimum absolute atomic E-state index is 0.770. The van der Waals surface area contributed by atoms with E-state index >= 15 is 0 Å². The molecule has 0 amide bonds. The van der Waals surface area contributed by atoms with Crippen molar-refractivity contribution < 1.29 is 0 Å². The van der Waals surface area contributed by atoms with Crippen LogP contribution in [0.25, 0.3) is 188 Å². The first-order valence-electron chi connectivity index (χ1n) is 49.6. The van der Waals surface area contributed by atoms with E-state index in [-0.39, 0.29) is 0 Å². The van der Waals surface area contributed by atoms with Crippen molar-refractivity contribution in [3.63, 3.8) is 0 Å². The van der Waals surface area contributed by atoms with E-state index in [1.165, 1.54) is 43.4 Å². The maximum atomic E-state index is 5.42. The topological polar surface area (TPSA) is 136 Å². The van der Waals surface area contributed by atoms with Gasteiger partial charge in [0.2, 0.25) is 0 Å². The highest BCUT2D eigenvalue weighted by atomic mass is 15.2. The summed E-state index contributed by atoms with van der Waals surface area (Å²) in [6.45, 7) is 0. The summed E-state index contributed by atoms with van der Waals surface area (Å²) in [6.07, 6.45) is 11.1. The van der Waals surface area contributed by atoms with Crippen molar-refractivity contribution >= 4 is 178 Å². The Labute approximate surface area is 851 Å². The summed E-state index contributed by atoms with van der Waals surface area (Å²) in [6, 6.07) is 172. The number of pyridine rings is 4. The minimum atomic E-state index is 0.770. The van der Waals surface area contributed by atoms with Crippen molar-refractivity contribution in [2.75, 3.05) is 19.6 Å². The second-order valence-corrected chi connectivity index (χ2v) is 37.0. The first-order valence-corrected chi connectivity index (χ1v) is 49.6. The fourth-order valence-electron chi connectivity index (χ4n) is 22.0. The molecule has 28 aromatic rings. The molecule has 0 radical (unpaired) electrons. The summed E-state index contributed by atoms with van der Waals surface area (Å²) >= 11 is 0. The zero-order valence-corrected chi connectivity index (χ0v) is 79.8. The van der Waals surface area contributed by atoms with Crippen LogP contribution in [0.2, 0.25) is 0 Å². The van der Waals surface area contributed by atoms with Crippen molar-refractivity contribution in [2.45, 2.75) is 0 Å². The summed E-state index contributed by atoms with van der Waals surface area (Å²) in [5.41, 5.74) is 35.3. The van der Waals surface area contributed by atoms with Crippen LogP contribution >= 0.6 is 0 Å². The number of nitrogens with zero attached hydrogens (tertiary/aromatic N) is 16. The van der Waals surface area contributed by atoms with E-state index in [1.54, 1.807) is 0 Å². The number of para-hydroxylation sites is 10. The molecule has 0 saturated heterocycles. The minimum Gasteiger partial charge on any atom is -0.310 e. The van der Waals surface area contributed by atoms with Gasteiger partial charge in [-0.3, -0.25) is 19.8 Å². The molecule has 0 unspecified atom stereocenters. The Hall–Kier alpha value is -20.4. The van der Waals surface area contributed by atoms with Crippen molar-refractivity contribution in [2.24, 2.45) is 0 Å². The van der Waals surface area contributed by atoms with Gasteiger partial charge < -0.3 is 28.1 Å². The van der Waals surface area contributed by atoms with Gasteiger partial charge >= 0.3 is 0 Å². The number of rotatable bonds is 21. The number of fused-ring (bicyclic) bond motifs is 14. The fourth-order valence-corrected chi connectivity index (χ4v) is 22.0. The van der Waals surface area contributed by atoms with Gasteiger partial charge in [-0.15, -0.1) is 0 Å². The molecule has 0 aliphatic rings. The van der Waals surface area contributed by atoms with Crippen molar-refractivity contribution in [3.05, 3.63) is 522 Å². The highest BCUT2D eigenvalue weighted by molar-refractivity contribution is 6.23. The SMILES string of the molecule is c1ccc(N(c2ccc(-c3nc4ccccc4nc3-c3ccc(N(c4ccc(-n5c6ccccc6c6c(-c7cccc8c7c7ccccc7n8-c7ccc(N(c8ccncc8)c8ccc(-c9nc%10ccccc%10nc9-c9ccc(N(c%10ccncc%10)c%10ccc(-n%11c%12ccccc%12c%12ccccc%12%11)cc%10)cc9)cc8)cc7)cccc65)cc4)c4ccccn4)cc3)cc2)c2ccc(-n3c4ccccc4c4ccccc43)cc2)nc1. The van der Waals surface area contributed by atoms with E-state index < -0.39 is 0 Å². The van der Waals surface area contributed by atoms with Gasteiger partial charge in [0.05, 0.1) is 89.0 Å². The molecular formula is C132H86N16. The lowest BCUT2D eigenvalue weighted by molar-refractivity contribution is 1.16. The van der Waals surface area contributed by atoms with Crippen LogP contribution in [0.4, 0.5) is 68.5 Å². The van der Waals surface area contributed by atoms with E-state index in [1.807, 2.05) is 128 Å². The molecule has 16 nitrogen and oxygen atoms in total. The van der Waals surface area contributed by atoms with Crippen LogP contribution in [0.15, 0.2) is 522 Å². The van der Waals surface area contributed by atoms with Crippen LogP contribution in [0, 0.1) is 0 Å². The van der Waals surface area contributed by atoms with E-state index in [0.29, 0.717) is 0 Å². The van der Waals surface area contributed by atoms with Gasteiger partial charge in [-0.25, -0.2) is 29.9 Å². The lowest BCUT2D eigenvalue weighted by Crippen LogP contribution is -2.11. The third-order valence-electron chi connectivity index (χ3n) is 28.6. The Kier molecular flexibility index (Phi) is 20.8. The van der Waals surface area contributed by atoms with E-state index in [4.69, 9.17) is 29.9 Å². The number of hydrogen-bond donors (Lipinski definition) is 0. The van der Waals surface area contributed by atoms with Crippen LogP contribution < -0.4 is 19.6 Å². The predicted molar refractivity (Wildman–Crippen MR) is 607 cm³/mol. The van der Waals surface area contributed by atoms with Crippen LogP contribution in [-0.4, -0.2) is 58.1 Å². The van der Waals surface area contributed by atoms with Crippen LogP contribution in [0.5, 0.6) is 0 Å². The lowest BCUT2D eigenvalue weighted by atomic mass is 9.95. The van der Waals surface area contributed by atoms with Crippen molar-refractivity contribution in [1.82, 2.24) is 58.1 Å². The average Bonchev–Trinajstić information content (AvgIpc) is 1.55. The summed E-state index contributed by atoms with van der Waals surface area (Å²) in [7, 11) is 0. The van der Waals surface area contributed by atoms with Gasteiger partial charge in [0.15, 0.2) is 0 Å². The highest BCUT2D eigenvalue weighted by Crippen LogP contribution is 2.49. The Morgan fingerprint density at radius 1 is 0.155 bits per heavy atom. The van der Waals surface area contributed by atoms with Crippen LogP contribution in [0.3, 0.4) is 0 Å². The second-order valence-electron chi connectivity index (χ2n) is 37.0. The van der Waals surface area contributed by atoms with Gasteiger partial charge in [0.1, 0.15) is 11.6 Å².